The summed E-state index contributed by atoms with van der Waals surface area (Å²) in [6, 6.07) is 9.51. The third kappa shape index (κ3) is 3.77. The highest BCUT2D eigenvalue weighted by Gasteiger charge is 2.33. The van der Waals surface area contributed by atoms with E-state index in [1.54, 1.807) is 15.3 Å². The lowest BCUT2D eigenvalue weighted by molar-refractivity contribution is -0.116. The zero-order valence-corrected chi connectivity index (χ0v) is 18.8. The van der Waals surface area contributed by atoms with Crippen LogP contribution in [-0.4, -0.2) is 48.7 Å². The van der Waals surface area contributed by atoms with Crippen molar-refractivity contribution in [3.63, 3.8) is 0 Å². The molecule has 33 heavy (non-hydrogen) atoms. The fourth-order valence-corrected chi connectivity index (χ4v) is 4.17. The Morgan fingerprint density at radius 2 is 2.00 bits per heavy atom. The largest absolute Gasteiger partial charge is 0.490 e. The molecule has 4 heterocycles. The Morgan fingerprint density at radius 3 is 2.82 bits per heavy atom. The predicted octanol–water partition coefficient (Wildman–Crippen LogP) is 3.28. The SMILES string of the molecule is CCCOc1ccc(C2CC(=O)Nc3c2c(C)nn3-c2ccc3nncn3n2)cc1OCC. The lowest BCUT2D eigenvalue weighted by Crippen LogP contribution is -2.25. The minimum atomic E-state index is -0.166. The topological polar surface area (TPSA) is 108 Å². The van der Waals surface area contributed by atoms with Gasteiger partial charge in [-0.25, -0.2) is 0 Å². The van der Waals surface area contributed by atoms with Crippen LogP contribution in [-0.2, 0) is 4.79 Å². The number of rotatable bonds is 7. The maximum absolute atomic E-state index is 12.7. The van der Waals surface area contributed by atoms with Crippen molar-refractivity contribution in [1.29, 1.82) is 0 Å². The van der Waals surface area contributed by atoms with Gasteiger partial charge in [0.05, 0.1) is 18.9 Å². The zero-order chi connectivity index (χ0) is 22.9. The van der Waals surface area contributed by atoms with Gasteiger partial charge in [0.2, 0.25) is 5.91 Å². The maximum Gasteiger partial charge on any atom is 0.226 e. The first-order valence-electron chi connectivity index (χ1n) is 11.0. The molecule has 10 heteroatoms. The zero-order valence-electron chi connectivity index (χ0n) is 18.8. The molecule has 4 aromatic rings. The number of ether oxygens (including phenoxy) is 2. The Labute approximate surface area is 190 Å². The number of anilines is 1. The van der Waals surface area contributed by atoms with Crippen LogP contribution in [0.2, 0.25) is 0 Å². The molecule has 0 saturated carbocycles. The molecule has 5 rings (SSSR count). The van der Waals surface area contributed by atoms with E-state index in [1.807, 2.05) is 38.1 Å². The van der Waals surface area contributed by atoms with Gasteiger partial charge in [-0.3, -0.25) is 4.79 Å². The molecule has 0 fully saturated rings. The monoisotopic (exact) mass is 447 g/mol. The highest BCUT2D eigenvalue weighted by atomic mass is 16.5. The van der Waals surface area contributed by atoms with Gasteiger partial charge in [-0.05, 0) is 50.1 Å². The molecule has 1 atom stereocenters. The van der Waals surface area contributed by atoms with E-state index >= 15 is 0 Å². The molecule has 10 nitrogen and oxygen atoms in total. The predicted molar refractivity (Wildman–Crippen MR) is 121 cm³/mol. The van der Waals surface area contributed by atoms with Crippen molar-refractivity contribution in [2.45, 2.75) is 39.5 Å². The molecule has 0 radical (unpaired) electrons. The van der Waals surface area contributed by atoms with Crippen molar-refractivity contribution in [3.05, 3.63) is 53.5 Å². The van der Waals surface area contributed by atoms with Crippen LogP contribution in [0.4, 0.5) is 5.82 Å². The number of hydrogen-bond donors (Lipinski definition) is 1. The summed E-state index contributed by atoms with van der Waals surface area (Å²) in [6.07, 6.45) is 2.76. The van der Waals surface area contributed by atoms with Crippen LogP contribution in [0.15, 0.2) is 36.7 Å². The number of aryl methyl sites for hydroxylation is 1. The smallest absolute Gasteiger partial charge is 0.226 e. The molecular weight excluding hydrogens is 422 g/mol. The number of carbonyl (C=O) groups excluding carboxylic acids is 1. The van der Waals surface area contributed by atoms with Gasteiger partial charge < -0.3 is 14.8 Å². The van der Waals surface area contributed by atoms with Crippen LogP contribution >= 0.6 is 0 Å². The molecule has 0 aliphatic carbocycles. The first-order chi connectivity index (χ1) is 16.1. The van der Waals surface area contributed by atoms with E-state index in [0.29, 0.717) is 48.4 Å². The lowest BCUT2D eigenvalue weighted by Gasteiger charge is -2.25. The van der Waals surface area contributed by atoms with Crippen LogP contribution in [0.5, 0.6) is 11.5 Å². The lowest BCUT2D eigenvalue weighted by atomic mass is 9.85. The minimum absolute atomic E-state index is 0.0803. The standard InChI is InChI=1S/C23H25N7O3/c1-4-10-33-17-7-6-15(11-18(17)32-5-2)16-12-21(31)25-23-22(16)14(3)27-30(23)20-9-8-19-26-24-13-29(19)28-20/h6-9,11,13,16H,4-5,10,12H2,1-3H3,(H,25,31). The van der Waals surface area contributed by atoms with Gasteiger partial charge in [-0.1, -0.05) is 13.0 Å². The molecule has 1 unspecified atom stereocenters. The summed E-state index contributed by atoms with van der Waals surface area (Å²) in [5.74, 6) is 2.33. The Bertz CT molecular complexity index is 1330. The second kappa shape index (κ2) is 8.53. The number of carbonyl (C=O) groups is 1. The Hall–Kier alpha value is -3.95. The van der Waals surface area contributed by atoms with Crippen LogP contribution in [0, 0.1) is 6.92 Å². The van der Waals surface area contributed by atoms with Gasteiger partial charge in [0.15, 0.2) is 23.0 Å². The third-order valence-electron chi connectivity index (χ3n) is 5.60. The number of amides is 1. The van der Waals surface area contributed by atoms with Crippen molar-refractivity contribution in [3.8, 4) is 17.3 Å². The summed E-state index contributed by atoms with van der Waals surface area (Å²) in [4.78, 5) is 12.7. The molecule has 170 valence electrons. The molecule has 0 saturated heterocycles. The fourth-order valence-electron chi connectivity index (χ4n) is 4.17. The van der Waals surface area contributed by atoms with E-state index in [2.05, 4.69) is 27.5 Å². The second-order valence-electron chi connectivity index (χ2n) is 7.88. The van der Waals surface area contributed by atoms with Crippen molar-refractivity contribution in [2.24, 2.45) is 0 Å². The molecule has 1 aliphatic heterocycles. The van der Waals surface area contributed by atoms with Crippen molar-refractivity contribution in [1.82, 2.24) is 29.6 Å². The van der Waals surface area contributed by atoms with Gasteiger partial charge in [-0.15, -0.1) is 15.3 Å². The summed E-state index contributed by atoms with van der Waals surface area (Å²) >= 11 is 0. The number of fused-ring (bicyclic) bond motifs is 2. The van der Waals surface area contributed by atoms with E-state index in [9.17, 15) is 4.79 Å². The maximum atomic E-state index is 12.7. The summed E-state index contributed by atoms with van der Waals surface area (Å²) < 4.78 is 14.9. The summed E-state index contributed by atoms with van der Waals surface area (Å²) in [6.45, 7) is 7.09. The first kappa shape index (κ1) is 20.9. The van der Waals surface area contributed by atoms with E-state index in [-0.39, 0.29) is 11.8 Å². The minimum Gasteiger partial charge on any atom is -0.490 e. The van der Waals surface area contributed by atoms with Crippen LogP contribution in [0.3, 0.4) is 0 Å². The summed E-state index contributed by atoms with van der Waals surface area (Å²) in [5.41, 5.74) is 3.39. The summed E-state index contributed by atoms with van der Waals surface area (Å²) in [7, 11) is 0. The van der Waals surface area contributed by atoms with Crippen molar-refractivity contribution < 1.29 is 14.3 Å². The van der Waals surface area contributed by atoms with Gasteiger partial charge in [-0.2, -0.15) is 14.3 Å². The van der Waals surface area contributed by atoms with E-state index < -0.39 is 0 Å². The Morgan fingerprint density at radius 1 is 1.12 bits per heavy atom. The average Bonchev–Trinajstić information content (AvgIpc) is 3.41. The van der Waals surface area contributed by atoms with E-state index in [4.69, 9.17) is 14.6 Å². The highest BCUT2D eigenvalue weighted by Crippen LogP contribution is 2.42. The molecule has 0 spiro atoms. The summed E-state index contributed by atoms with van der Waals surface area (Å²) in [5, 5.41) is 20.1. The van der Waals surface area contributed by atoms with Crippen molar-refractivity contribution in [2.75, 3.05) is 18.5 Å². The van der Waals surface area contributed by atoms with Crippen LogP contribution < -0.4 is 14.8 Å². The molecule has 1 aliphatic rings. The quantitative estimate of drug-likeness (QED) is 0.463. The Balaban J connectivity index is 1.58. The third-order valence-corrected chi connectivity index (χ3v) is 5.60. The molecule has 0 bridgehead atoms. The van der Waals surface area contributed by atoms with Gasteiger partial charge >= 0.3 is 0 Å². The molecular formula is C23H25N7O3. The molecule has 1 amide bonds. The molecule has 1 aromatic carbocycles. The fraction of sp³-hybridized carbons (Fsp3) is 0.348. The number of nitrogens with zero attached hydrogens (tertiary/aromatic N) is 6. The molecule has 3 aromatic heterocycles. The van der Waals surface area contributed by atoms with Crippen LogP contribution in [0.1, 0.15) is 49.4 Å². The van der Waals surface area contributed by atoms with Gasteiger partial charge in [0.1, 0.15) is 12.1 Å². The normalized spacial score (nSPS) is 15.4. The average molecular weight is 447 g/mol. The van der Waals surface area contributed by atoms with E-state index in [0.717, 1.165) is 23.2 Å². The molecule has 1 N–H and O–H groups in total. The number of hydrogen-bond acceptors (Lipinski definition) is 7. The van der Waals surface area contributed by atoms with Gasteiger partial charge in [0.25, 0.3) is 0 Å². The van der Waals surface area contributed by atoms with E-state index in [1.165, 1.54) is 6.33 Å². The first-order valence-corrected chi connectivity index (χ1v) is 11.0. The second-order valence-corrected chi connectivity index (χ2v) is 7.88. The Kier molecular flexibility index (Phi) is 5.41. The van der Waals surface area contributed by atoms with Crippen LogP contribution in [0.25, 0.3) is 11.5 Å². The van der Waals surface area contributed by atoms with Crippen molar-refractivity contribution >= 4 is 17.4 Å². The number of benzene rings is 1. The number of nitrogens with one attached hydrogen (secondary N) is 1. The number of aromatic nitrogens is 6. The highest BCUT2D eigenvalue weighted by molar-refractivity contribution is 5.95. The van der Waals surface area contributed by atoms with Gasteiger partial charge in [0, 0.05) is 17.9 Å².